The van der Waals surface area contributed by atoms with E-state index in [-0.39, 0.29) is 12.0 Å². The van der Waals surface area contributed by atoms with Crippen molar-refractivity contribution in [3.8, 4) is 0 Å². The van der Waals surface area contributed by atoms with Crippen LogP contribution in [0.1, 0.15) is 33.9 Å². The number of nitrogens with two attached hydrogens (primary N) is 1. The molecule has 0 unspecified atom stereocenters. The van der Waals surface area contributed by atoms with Crippen LogP contribution < -0.4 is 11.1 Å². The second kappa shape index (κ2) is 8.43. The fraction of sp³-hybridized carbons (Fsp3) is 0.300. The lowest BCUT2D eigenvalue weighted by Gasteiger charge is -2.20. The molecule has 0 saturated heterocycles. The highest BCUT2D eigenvalue weighted by Crippen LogP contribution is 2.30. The average molecular weight is 394 g/mol. The van der Waals surface area contributed by atoms with Gasteiger partial charge < -0.3 is 16.2 Å². The molecule has 2 atom stereocenters. The molecule has 0 aliphatic carbocycles. The Morgan fingerprint density at radius 1 is 1.07 bits per heavy atom. The van der Waals surface area contributed by atoms with Crippen LogP contribution in [-0.4, -0.2) is 23.0 Å². The zero-order valence-corrected chi connectivity index (χ0v) is 15.4. The Balaban J connectivity index is 2.14. The van der Waals surface area contributed by atoms with Gasteiger partial charge in [-0.25, -0.2) is 0 Å². The number of halogens is 3. The zero-order valence-electron chi connectivity index (χ0n) is 15.4. The first-order valence-electron chi connectivity index (χ1n) is 8.50. The molecule has 150 valence electrons. The van der Waals surface area contributed by atoms with Crippen LogP contribution in [0.15, 0.2) is 42.5 Å². The Hall–Kier alpha value is -2.87. The molecule has 0 bridgehead atoms. The maximum absolute atomic E-state index is 12.6. The van der Waals surface area contributed by atoms with Crippen molar-refractivity contribution in [2.75, 3.05) is 0 Å². The lowest BCUT2D eigenvalue weighted by atomic mass is 9.96. The number of rotatable bonds is 6. The van der Waals surface area contributed by atoms with Crippen molar-refractivity contribution in [3.05, 3.63) is 70.3 Å². The quantitative estimate of drug-likeness (QED) is 0.703. The average Bonchev–Trinajstić information content (AvgIpc) is 2.62. The number of amides is 2. The van der Waals surface area contributed by atoms with Crippen LogP contribution in [0.3, 0.4) is 0 Å². The van der Waals surface area contributed by atoms with Crippen LogP contribution >= 0.6 is 0 Å². The van der Waals surface area contributed by atoms with Gasteiger partial charge in [0.2, 0.25) is 5.91 Å². The number of carbonyl (C=O) groups is 2. The summed E-state index contributed by atoms with van der Waals surface area (Å²) in [6, 6.07) is 8.08. The highest BCUT2D eigenvalue weighted by atomic mass is 19.4. The fourth-order valence-corrected chi connectivity index (χ4v) is 2.85. The first-order valence-corrected chi connectivity index (χ1v) is 8.50. The molecule has 0 aliphatic heterocycles. The molecule has 0 spiro atoms. The molecule has 5 nitrogen and oxygen atoms in total. The van der Waals surface area contributed by atoms with E-state index in [0.29, 0.717) is 0 Å². The smallest absolute Gasteiger partial charge is 0.378 e. The van der Waals surface area contributed by atoms with E-state index in [4.69, 9.17) is 5.73 Å². The number of alkyl halides is 3. The summed E-state index contributed by atoms with van der Waals surface area (Å²) < 4.78 is 37.9. The van der Waals surface area contributed by atoms with Gasteiger partial charge in [-0.2, -0.15) is 13.2 Å². The van der Waals surface area contributed by atoms with Crippen molar-refractivity contribution in [3.63, 3.8) is 0 Å². The van der Waals surface area contributed by atoms with Gasteiger partial charge >= 0.3 is 6.18 Å². The van der Waals surface area contributed by atoms with Gasteiger partial charge in [0.15, 0.2) is 6.10 Å². The van der Waals surface area contributed by atoms with Crippen molar-refractivity contribution in [2.45, 2.75) is 38.6 Å². The molecule has 2 rings (SSSR count). The second-order valence-electron chi connectivity index (χ2n) is 6.56. The Kier molecular flexibility index (Phi) is 6.45. The molecule has 0 aromatic heterocycles. The predicted molar refractivity (Wildman–Crippen MR) is 97.1 cm³/mol. The number of aliphatic hydroxyl groups excluding tert-OH is 1. The van der Waals surface area contributed by atoms with Gasteiger partial charge in [0, 0.05) is 6.42 Å². The van der Waals surface area contributed by atoms with Gasteiger partial charge in [-0.05, 0) is 48.2 Å². The second-order valence-corrected chi connectivity index (χ2v) is 6.56. The maximum atomic E-state index is 12.6. The van der Waals surface area contributed by atoms with Crippen molar-refractivity contribution in [1.82, 2.24) is 5.32 Å². The summed E-state index contributed by atoms with van der Waals surface area (Å²) in [7, 11) is 0. The van der Waals surface area contributed by atoms with Crippen LogP contribution in [0, 0.1) is 13.8 Å². The van der Waals surface area contributed by atoms with Crippen molar-refractivity contribution < 1.29 is 27.9 Å². The maximum Gasteiger partial charge on any atom is 0.416 e. The van der Waals surface area contributed by atoms with Crippen LogP contribution in [0.4, 0.5) is 13.2 Å². The molecule has 28 heavy (non-hydrogen) atoms. The number of hydrogen-bond donors (Lipinski definition) is 3. The summed E-state index contributed by atoms with van der Waals surface area (Å²) in [6.07, 6.45) is -6.12. The van der Waals surface area contributed by atoms with Crippen molar-refractivity contribution >= 4 is 11.8 Å². The number of benzene rings is 2. The summed E-state index contributed by atoms with van der Waals surface area (Å²) in [4.78, 5) is 24.1. The number of carbonyl (C=O) groups excluding carboxylic acids is 2. The minimum Gasteiger partial charge on any atom is -0.378 e. The molecule has 0 radical (unpaired) electrons. The summed E-state index contributed by atoms with van der Waals surface area (Å²) in [6.45, 7) is 3.72. The molecule has 4 N–H and O–H groups in total. The number of aliphatic hydroxyl groups is 1. The van der Waals surface area contributed by atoms with Crippen LogP contribution in [0.2, 0.25) is 0 Å². The number of nitrogens with one attached hydrogen (secondary N) is 1. The molecule has 0 fully saturated rings. The SMILES string of the molecule is Cc1cccc(C)c1C[C@@H](NC(=O)[C@@H](O)c1ccc(C(F)(F)F)cc1)C(N)=O. The Morgan fingerprint density at radius 2 is 1.61 bits per heavy atom. The standard InChI is InChI=1S/C20H21F3N2O3/c1-11-4-3-5-12(2)15(11)10-16(18(24)27)25-19(28)17(26)13-6-8-14(9-7-13)20(21,22)23/h3-9,16-17,26H,10H2,1-2H3,(H2,24,27)(H,25,28)/t16-,17+/m1/s1. The highest BCUT2D eigenvalue weighted by Gasteiger charge is 2.31. The third-order valence-corrected chi connectivity index (χ3v) is 4.51. The summed E-state index contributed by atoms with van der Waals surface area (Å²) in [5.41, 5.74) is 7.14. The molecule has 8 heteroatoms. The molecular formula is C20H21F3N2O3. The molecule has 2 aromatic carbocycles. The number of hydrogen-bond acceptors (Lipinski definition) is 3. The van der Waals surface area contributed by atoms with E-state index in [2.05, 4.69) is 5.32 Å². The first-order chi connectivity index (χ1) is 13.0. The van der Waals surface area contributed by atoms with E-state index < -0.39 is 35.7 Å². The molecule has 0 aliphatic rings. The minimum atomic E-state index is -4.52. The molecule has 2 aromatic rings. The largest absolute Gasteiger partial charge is 0.416 e. The van der Waals surface area contributed by atoms with E-state index >= 15 is 0 Å². The van der Waals surface area contributed by atoms with Gasteiger partial charge in [-0.1, -0.05) is 30.3 Å². The van der Waals surface area contributed by atoms with Gasteiger partial charge in [0.05, 0.1) is 5.56 Å². The molecule has 2 amide bonds. The van der Waals surface area contributed by atoms with Crippen molar-refractivity contribution in [1.29, 1.82) is 0 Å². The zero-order chi connectivity index (χ0) is 21.1. The van der Waals surface area contributed by atoms with Gasteiger partial charge in [-0.15, -0.1) is 0 Å². The van der Waals surface area contributed by atoms with Crippen LogP contribution in [0.25, 0.3) is 0 Å². The predicted octanol–water partition coefficient (Wildman–Crippen LogP) is 2.57. The topological polar surface area (TPSA) is 92.4 Å². The summed E-state index contributed by atoms with van der Waals surface area (Å²) in [5.74, 6) is -1.70. The summed E-state index contributed by atoms with van der Waals surface area (Å²) in [5, 5.41) is 12.5. The summed E-state index contributed by atoms with van der Waals surface area (Å²) >= 11 is 0. The van der Waals surface area contributed by atoms with Crippen LogP contribution in [0.5, 0.6) is 0 Å². The van der Waals surface area contributed by atoms with E-state index in [0.717, 1.165) is 41.0 Å². The van der Waals surface area contributed by atoms with Gasteiger partial charge in [0.1, 0.15) is 6.04 Å². The Morgan fingerprint density at radius 3 is 2.07 bits per heavy atom. The first kappa shape index (κ1) is 21.4. The molecule has 0 saturated carbocycles. The van der Waals surface area contributed by atoms with Crippen molar-refractivity contribution in [2.24, 2.45) is 5.73 Å². The minimum absolute atomic E-state index is 0.0270. The van der Waals surface area contributed by atoms with E-state index in [1.165, 1.54) is 0 Å². The lowest BCUT2D eigenvalue weighted by molar-refractivity contribution is -0.137. The van der Waals surface area contributed by atoms with Gasteiger partial charge in [0.25, 0.3) is 5.91 Å². The lowest BCUT2D eigenvalue weighted by Crippen LogP contribution is -2.47. The monoisotopic (exact) mass is 394 g/mol. The number of aryl methyl sites for hydroxylation is 2. The molecule has 0 heterocycles. The Bertz CT molecular complexity index is 844. The normalized spacial score (nSPS) is 13.6. The van der Waals surface area contributed by atoms with E-state index in [1.54, 1.807) is 0 Å². The van der Waals surface area contributed by atoms with Gasteiger partial charge in [-0.3, -0.25) is 9.59 Å². The number of primary amides is 1. The van der Waals surface area contributed by atoms with Crippen LogP contribution in [-0.2, 0) is 22.2 Å². The molecular weight excluding hydrogens is 373 g/mol. The van der Waals surface area contributed by atoms with E-state index in [1.807, 2.05) is 32.0 Å². The van der Waals surface area contributed by atoms with E-state index in [9.17, 15) is 27.9 Å². The Labute approximate surface area is 160 Å². The fourth-order valence-electron chi connectivity index (χ4n) is 2.85. The third kappa shape index (κ3) is 5.10. The highest BCUT2D eigenvalue weighted by molar-refractivity contribution is 5.89. The third-order valence-electron chi connectivity index (χ3n) is 4.51.